The highest BCUT2D eigenvalue weighted by atomic mass is 32.1. The van der Waals surface area contributed by atoms with Crippen LogP contribution in [0, 0.1) is 0 Å². The first kappa shape index (κ1) is 13.7. The van der Waals surface area contributed by atoms with Crippen LogP contribution in [0.25, 0.3) is 0 Å². The average molecular weight is 276 g/mol. The van der Waals surface area contributed by atoms with E-state index in [1.54, 1.807) is 16.8 Å². The Morgan fingerprint density at radius 3 is 2.84 bits per heavy atom. The first-order chi connectivity index (χ1) is 9.31. The maximum absolute atomic E-state index is 11.8. The molecule has 2 rings (SSSR count). The highest BCUT2D eigenvalue weighted by molar-refractivity contribution is 7.09. The van der Waals surface area contributed by atoms with Gasteiger partial charge in [-0.1, -0.05) is 30.3 Å². The molecular formula is C14H16N2O2S. The number of nitrogens with one attached hydrogen (secondary N) is 1. The molecule has 0 saturated heterocycles. The van der Waals surface area contributed by atoms with Gasteiger partial charge in [-0.05, 0) is 5.56 Å². The first-order valence-electron chi connectivity index (χ1n) is 6.02. The zero-order chi connectivity index (χ0) is 13.5. The molecule has 2 aromatic rings. The van der Waals surface area contributed by atoms with Gasteiger partial charge in [0.1, 0.15) is 0 Å². The quantitative estimate of drug-likeness (QED) is 0.822. The molecule has 5 heteroatoms. The fourth-order valence-electron chi connectivity index (χ4n) is 1.83. The van der Waals surface area contributed by atoms with Crippen molar-refractivity contribution in [1.82, 2.24) is 10.3 Å². The Labute approximate surface area is 116 Å². The van der Waals surface area contributed by atoms with Gasteiger partial charge in [0.2, 0.25) is 0 Å². The standard InChI is InChI=1S/C14H16N2O2S/c1-18-14(17)13(11-5-3-2-4-6-11)9-15-7-12-8-16-10-19-12/h2-6,8,10,13,15H,7,9H2,1H3. The molecule has 4 nitrogen and oxygen atoms in total. The smallest absolute Gasteiger partial charge is 0.314 e. The summed E-state index contributed by atoms with van der Waals surface area (Å²) in [5.74, 6) is -0.498. The van der Waals surface area contributed by atoms with Crippen molar-refractivity contribution >= 4 is 17.3 Å². The molecule has 0 fully saturated rings. The van der Waals surface area contributed by atoms with Crippen LogP contribution in [-0.2, 0) is 16.1 Å². The second-order valence-corrected chi connectivity index (χ2v) is 5.06. The molecule has 0 amide bonds. The number of hydrogen-bond acceptors (Lipinski definition) is 5. The normalized spacial score (nSPS) is 12.1. The Hall–Kier alpha value is -1.72. The number of benzene rings is 1. The Balaban J connectivity index is 1.97. The Morgan fingerprint density at radius 2 is 2.21 bits per heavy atom. The lowest BCUT2D eigenvalue weighted by Crippen LogP contribution is -2.27. The van der Waals surface area contributed by atoms with E-state index in [2.05, 4.69) is 10.3 Å². The van der Waals surface area contributed by atoms with Crippen LogP contribution in [0.3, 0.4) is 0 Å². The van der Waals surface area contributed by atoms with Gasteiger partial charge >= 0.3 is 5.97 Å². The number of aromatic nitrogens is 1. The van der Waals surface area contributed by atoms with Crippen LogP contribution in [0.4, 0.5) is 0 Å². The number of rotatable bonds is 6. The van der Waals surface area contributed by atoms with Gasteiger partial charge in [0.25, 0.3) is 0 Å². The molecule has 1 aromatic heterocycles. The number of carbonyl (C=O) groups is 1. The molecule has 0 bridgehead atoms. The fraction of sp³-hybridized carbons (Fsp3) is 0.286. The summed E-state index contributed by atoms with van der Waals surface area (Å²) in [4.78, 5) is 17.0. The molecule has 100 valence electrons. The predicted molar refractivity (Wildman–Crippen MR) is 75.0 cm³/mol. The van der Waals surface area contributed by atoms with Crippen molar-refractivity contribution in [3.8, 4) is 0 Å². The van der Waals surface area contributed by atoms with Crippen LogP contribution >= 0.6 is 11.3 Å². The lowest BCUT2D eigenvalue weighted by molar-refractivity contribution is -0.142. The van der Waals surface area contributed by atoms with E-state index in [1.165, 1.54) is 7.11 Å². The van der Waals surface area contributed by atoms with E-state index >= 15 is 0 Å². The maximum Gasteiger partial charge on any atom is 0.314 e. The molecule has 0 spiro atoms. The Bertz CT molecular complexity index is 499. The SMILES string of the molecule is COC(=O)C(CNCc1cncs1)c1ccccc1. The Morgan fingerprint density at radius 1 is 1.42 bits per heavy atom. The van der Waals surface area contributed by atoms with Crippen molar-refractivity contribution in [2.75, 3.05) is 13.7 Å². The molecule has 1 aromatic carbocycles. The van der Waals surface area contributed by atoms with Crippen LogP contribution < -0.4 is 5.32 Å². The van der Waals surface area contributed by atoms with Crippen LogP contribution in [0.2, 0.25) is 0 Å². The molecule has 1 atom stereocenters. The molecule has 0 aliphatic heterocycles. The van der Waals surface area contributed by atoms with Crippen LogP contribution in [-0.4, -0.2) is 24.6 Å². The van der Waals surface area contributed by atoms with E-state index < -0.39 is 0 Å². The largest absolute Gasteiger partial charge is 0.469 e. The number of ether oxygens (including phenoxy) is 1. The number of esters is 1. The van der Waals surface area contributed by atoms with E-state index in [9.17, 15) is 4.79 Å². The van der Waals surface area contributed by atoms with Gasteiger partial charge in [-0.25, -0.2) is 0 Å². The molecular weight excluding hydrogens is 260 g/mol. The number of carbonyl (C=O) groups excluding carboxylic acids is 1. The van der Waals surface area contributed by atoms with Crippen molar-refractivity contribution in [2.45, 2.75) is 12.5 Å². The summed E-state index contributed by atoms with van der Waals surface area (Å²) in [7, 11) is 1.42. The highest BCUT2D eigenvalue weighted by Crippen LogP contribution is 2.16. The van der Waals surface area contributed by atoms with Crippen LogP contribution in [0.1, 0.15) is 16.4 Å². The monoisotopic (exact) mass is 276 g/mol. The zero-order valence-electron chi connectivity index (χ0n) is 10.7. The third-order valence-electron chi connectivity index (χ3n) is 2.82. The lowest BCUT2D eigenvalue weighted by Gasteiger charge is -2.15. The molecule has 1 unspecified atom stereocenters. The summed E-state index contributed by atoms with van der Waals surface area (Å²) in [5.41, 5.74) is 2.76. The third kappa shape index (κ3) is 3.87. The predicted octanol–water partition coefficient (Wildman–Crippen LogP) is 2.19. The maximum atomic E-state index is 11.8. The van der Waals surface area contributed by atoms with Gasteiger partial charge in [-0.2, -0.15) is 0 Å². The third-order valence-corrected chi connectivity index (χ3v) is 3.60. The minimum absolute atomic E-state index is 0.219. The fourth-order valence-corrected chi connectivity index (χ4v) is 2.40. The topological polar surface area (TPSA) is 51.2 Å². The number of hydrogen-bond donors (Lipinski definition) is 1. The van der Waals surface area contributed by atoms with E-state index in [-0.39, 0.29) is 11.9 Å². The lowest BCUT2D eigenvalue weighted by atomic mass is 9.99. The number of nitrogens with zero attached hydrogens (tertiary/aromatic N) is 1. The summed E-state index contributed by atoms with van der Waals surface area (Å²) in [6.45, 7) is 1.26. The molecule has 19 heavy (non-hydrogen) atoms. The molecule has 0 aliphatic rings. The summed E-state index contributed by atoms with van der Waals surface area (Å²) in [5, 5.41) is 3.27. The van der Waals surface area contributed by atoms with Gasteiger partial charge in [0, 0.05) is 24.2 Å². The molecule has 0 aliphatic carbocycles. The summed E-state index contributed by atoms with van der Waals surface area (Å²) < 4.78 is 4.87. The van der Waals surface area contributed by atoms with Gasteiger partial charge < -0.3 is 10.1 Å². The van der Waals surface area contributed by atoms with Crippen molar-refractivity contribution in [3.05, 3.63) is 52.5 Å². The molecule has 0 saturated carbocycles. The Kier molecular flexibility index (Phi) is 5.06. The molecule has 0 radical (unpaired) electrons. The number of methoxy groups -OCH3 is 1. The second-order valence-electron chi connectivity index (χ2n) is 4.09. The van der Waals surface area contributed by atoms with E-state index in [4.69, 9.17) is 4.74 Å². The van der Waals surface area contributed by atoms with E-state index in [1.807, 2.05) is 36.5 Å². The van der Waals surface area contributed by atoms with Crippen molar-refractivity contribution in [1.29, 1.82) is 0 Å². The number of thiazole rings is 1. The van der Waals surface area contributed by atoms with Gasteiger partial charge in [-0.15, -0.1) is 11.3 Å². The van der Waals surface area contributed by atoms with Gasteiger partial charge in [-0.3, -0.25) is 9.78 Å². The molecule has 1 heterocycles. The first-order valence-corrected chi connectivity index (χ1v) is 6.90. The van der Waals surface area contributed by atoms with Crippen molar-refractivity contribution < 1.29 is 9.53 Å². The summed E-state index contributed by atoms with van der Waals surface area (Å²) in [6, 6.07) is 9.66. The summed E-state index contributed by atoms with van der Waals surface area (Å²) in [6.07, 6.45) is 1.83. The van der Waals surface area contributed by atoms with Crippen LogP contribution in [0.5, 0.6) is 0 Å². The van der Waals surface area contributed by atoms with Crippen LogP contribution in [0.15, 0.2) is 42.0 Å². The van der Waals surface area contributed by atoms with Gasteiger partial charge in [0.15, 0.2) is 0 Å². The minimum atomic E-state index is -0.279. The zero-order valence-corrected chi connectivity index (χ0v) is 11.5. The van der Waals surface area contributed by atoms with E-state index in [0.717, 1.165) is 10.4 Å². The minimum Gasteiger partial charge on any atom is -0.469 e. The van der Waals surface area contributed by atoms with E-state index in [0.29, 0.717) is 13.1 Å². The highest BCUT2D eigenvalue weighted by Gasteiger charge is 2.20. The second kappa shape index (κ2) is 7.01. The van der Waals surface area contributed by atoms with Crippen molar-refractivity contribution in [3.63, 3.8) is 0 Å². The summed E-state index contributed by atoms with van der Waals surface area (Å²) >= 11 is 1.59. The van der Waals surface area contributed by atoms with Crippen molar-refractivity contribution in [2.24, 2.45) is 0 Å². The average Bonchev–Trinajstić information content (AvgIpc) is 2.97. The van der Waals surface area contributed by atoms with Gasteiger partial charge in [0.05, 0.1) is 18.5 Å². The molecule has 1 N–H and O–H groups in total.